The number of carbonyl (C=O) groups is 2. The molecule has 2 aliphatic rings. The summed E-state index contributed by atoms with van der Waals surface area (Å²) in [5.74, 6) is -0.697. The molecule has 3 N–H and O–H groups in total. The zero-order valence-electron chi connectivity index (χ0n) is 10.4. The van der Waals surface area contributed by atoms with E-state index in [1.54, 1.807) is 0 Å². The first kappa shape index (κ1) is 13.3. The Balaban J connectivity index is 1.91. The maximum Gasteiger partial charge on any atom is 0.323 e. The molecule has 2 atom stereocenters. The minimum Gasteiger partial charge on any atom is -0.480 e. The fourth-order valence-electron chi connectivity index (χ4n) is 2.27. The molecule has 0 aromatic rings. The second-order valence-electron chi connectivity index (χ2n) is 5.12. The molecule has 102 valence electrons. The molecule has 0 aromatic carbocycles. The van der Waals surface area contributed by atoms with Gasteiger partial charge in [0.1, 0.15) is 12.6 Å². The molecule has 1 amide bonds. The van der Waals surface area contributed by atoms with Crippen molar-refractivity contribution in [3.05, 3.63) is 0 Å². The molecule has 1 heterocycles. The molecule has 0 aromatic heterocycles. The summed E-state index contributed by atoms with van der Waals surface area (Å²) >= 11 is 0. The molecule has 1 saturated carbocycles. The summed E-state index contributed by atoms with van der Waals surface area (Å²) in [5.41, 5.74) is 5.50. The Labute approximate surface area is 106 Å². The second kappa shape index (κ2) is 5.67. The molecule has 0 radical (unpaired) electrons. The number of carboxylic acids is 1. The highest BCUT2D eigenvalue weighted by Crippen LogP contribution is 2.30. The van der Waals surface area contributed by atoms with Crippen molar-refractivity contribution >= 4 is 11.9 Å². The molecule has 2 rings (SSSR count). The van der Waals surface area contributed by atoms with E-state index in [4.69, 9.17) is 15.6 Å². The van der Waals surface area contributed by atoms with Crippen LogP contribution in [0.3, 0.4) is 0 Å². The van der Waals surface area contributed by atoms with Crippen molar-refractivity contribution in [3.8, 4) is 0 Å². The van der Waals surface area contributed by atoms with E-state index in [9.17, 15) is 9.59 Å². The summed E-state index contributed by atoms with van der Waals surface area (Å²) < 4.78 is 5.53. The molecule has 0 spiro atoms. The number of amides is 1. The van der Waals surface area contributed by atoms with Crippen LogP contribution in [0.4, 0.5) is 0 Å². The fraction of sp³-hybridized carbons (Fsp3) is 0.833. The lowest BCUT2D eigenvalue weighted by atomic mass is 10.1. The van der Waals surface area contributed by atoms with Gasteiger partial charge in [0.2, 0.25) is 0 Å². The lowest BCUT2D eigenvalue weighted by molar-refractivity contribution is -0.150. The highest BCUT2D eigenvalue weighted by atomic mass is 16.5. The van der Waals surface area contributed by atoms with Crippen LogP contribution in [0.2, 0.25) is 0 Å². The maximum absolute atomic E-state index is 12.2. The van der Waals surface area contributed by atoms with Crippen LogP contribution in [0.5, 0.6) is 0 Å². The minimum atomic E-state index is -0.975. The van der Waals surface area contributed by atoms with Crippen molar-refractivity contribution in [1.29, 1.82) is 0 Å². The van der Waals surface area contributed by atoms with Gasteiger partial charge in [0, 0.05) is 13.1 Å². The summed E-state index contributed by atoms with van der Waals surface area (Å²) in [6, 6.07) is 0. The summed E-state index contributed by atoms with van der Waals surface area (Å²) in [6.45, 7) is 0.714. The van der Waals surface area contributed by atoms with E-state index in [-0.39, 0.29) is 18.6 Å². The zero-order valence-corrected chi connectivity index (χ0v) is 10.4. The van der Waals surface area contributed by atoms with E-state index in [2.05, 4.69) is 0 Å². The van der Waals surface area contributed by atoms with E-state index in [0.717, 1.165) is 19.3 Å². The van der Waals surface area contributed by atoms with Gasteiger partial charge < -0.3 is 20.5 Å². The van der Waals surface area contributed by atoms with Gasteiger partial charge in [-0.2, -0.15) is 0 Å². The molecule has 1 saturated heterocycles. The molecule has 2 fully saturated rings. The average molecular weight is 256 g/mol. The van der Waals surface area contributed by atoms with Gasteiger partial charge in [0.25, 0.3) is 5.91 Å². The number of hydrogen-bond acceptors (Lipinski definition) is 4. The number of hydrogen-bond donors (Lipinski definition) is 2. The summed E-state index contributed by atoms with van der Waals surface area (Å²) in [6.07, 6.45) is 3.02. The quantitative estimate of drug-likeness (QED) is 0.687. The Hall–Kier alpha value is -1.14. The highest BCUT2D eigenvalue weighted by Gasteiger charge is 2.35. The predicted octanol–water partition coefficient (Wildman–Crippen LogP) is -0.184. The maximum atomic E-state index is 12.2. The third-order valence-electron chi connectivity index (χ3n) is 3.46. The third-order valence-corrected chi connectivity index (χ3v) is 3.46. The van der Waals surface area contributed by atoms with Gasteiger partial charge >= 0.3 is 5.97 Å². The Kier molecular flexibility index (Phi) is 4.19. The molecule has 0 bridgehead atoms. The van der Waals surface area contributed by atoms with Gasteiger partial charge in [-0.15, -0.1) is 0 Å². The lowest BCUT2D eigenvalue weighted by Crippen LogP contribution is -2.43. The van der Waals surface area contributed by atoms with Crippen molar-refractivity contribution < 1.29 is 19.4 Å². The van der Waals surface area contributed by atoms with Gasteiger partial charge in [-0.05, 0) is 31.6 Å². The molecule has 1 aliphatic carbocycles. The Bertz CT molecular complexity index is 330. The van der Waals surface area contributed by atoms with Crippen LogP contribution in [-0.4, -0.2) is 53.7 Å². The van der Waals surface area contributed by atoms with Crippen molar-refractivity contribution in [2.75, 3.05) is 19.6 Å². The van der Waals surface area contributed by atoms with Crippen LogP contribution >= 0.6 is 0 Å². The summed E-state index contributed by atoms with van der Waals surface area (Å²) in [4.78, 5) is 24.4. The first-order valence-corrected chi connectivity index (χ1v) is 6.46. The molecular weight excluding hydrogens is 236 g/mol. The van der Waals surface area contributed by atoms with Crippen molar-refractivity contribution in [1.82, 2.24) is 4.90 Å². The summed E-state index contributed by atoms with van der Waals surface area (Å²) in [7, 11) is 0. The molecule has 6 heteroatoms. The molecule has 1 aliphatic heterocycles. The van der Waals surface area contributed by atoms with Gasteiger partial charge in [-0.3, -0.25) is 9.59 Å². The number of aliphatic carboxylic acids is 1. The van der Waals surface area contributed by atoms with Crippen molar-refractivity contribution in [3.63, 3.8) is 0 Å². The van der Waals surface area contributed by atoms with Crippen LogP contribution in [0.25, 0.3) is 0 Å². The topological polar surface area (TPSA) is 92.9 Å². The number of carboxylic acid groups (broad SMARTS) is 1. The molecule has 6 nitrogen and oxygen atoms in total. The van der Waals surface area contributed by atoms with Gasteiger partial charge in [0.15, 0.2) is 0 Å². The normalized spacial score (nSPS) is 27.2. The van der Waals surface area contributed by atoms with E-state index in [1.807, 2.05) is 0 Å². The largest absolute Gasteiger partial charge is 0.480 e. The molecule has 2 unspecified atom stereocenters. The van der Waals surface area contributed by atoms with E-state index in [1.165, 1.54) is 4.90 Å². The minimum absolute atomic E-state index is 0.0634. The first-order valence-electron chi connectivity index (χ1n) is 6.46. The number of ether oxygens (including phenoxy) is 1. The van der Waals surface area contributed by atoms with Crippen LogP contribution in [-0.2, 0) is 14.3 Å². The van der Waals surface area contributed by atoms with E-state index < -0.39 is 12.1 Å². The van der Waals surface area contributed by atoms with E-state index in [0.29, 0.717) is 25.4 Å². The lowest BCUT2D eigenvalue weighted by Gasteiger charge is -2.24. The number of rotatable bonds is 6. The Morgan fingerprint density at radius 2 is 2.00 bits per heavy atom. The standard InChI is InChI=1S/C12H20N2O4/c13-5-9-3-4-10(18-9)12(17)14(7-11(15)16)6-8-1-2-8/h8-10H,1-7,13H2,(H,15,16). The van der Waals surface area contributed by atoms with Gasteiger partial charge in [0.05, 0.1) is 6.10 Å². The average Bonchev–Trinajstić information content (AvgIpc) is 3.01. The first-order chi connectivity index (χ1) is 8.60. The van der Waals surface area contributed by atoms with Gasteiger partial charge in [-0.1, -0.05) is 0 Å². The Morgan fingerprint density at radius 3 is 2.50 bits per heavy atom. The van der Waals surface area contributed by atoms with Crippen LogP contribution in [0.1, 0.15) is 25.7 Å². The summed E-state index contributed by atoms with van der Waals surface area (Å²) in [5, 5.41) is 8.85. The zero-order chi connectivity index (χ0) is 13.1. The van der Waals surface area contributed by atoms with E-state index >= 15 is 0 Å². The Morgan fingerprint density at radius 1 is 1.28 bits per heavy atom. The SMILES string of the molecule is NCC1CCC(C(=O)N(CC(=O)O)CC2CC2)O1. The van der Waals surface area contributed by atoms with Crippen molar-refractivity contribution in [2.24, 2.45) is 11.7 Å². The monoisotopic (exact) mass is 256 g/mol. The molecule has 18 heavy (non-hydrogen) atoms. The van der Waals surface area contributed by atoms with Crippen LogP contribution in [0, 0.1) is 5.92 Å². The second-order valence-corrected chi connectivity index (χ2v) is 5.12. The van der Waals surface area contributed by atoms with Crippen molar-refractivity contribution in [2.45, 2.75) is 37.9 Å². The third kappa shape index (κ3) is 3.43. The number of carbonyl (C=O) groups excluding carboxylic acids is 1. The molecular formula is C12H20N2O4. The smallest absolute Gasteiger partial charge is 0.323 e. The highest BCUT2D eigenvalue weighted by molar-refractivity contribution is 5.84. The number of nitrogens with zero attached hydrogens (tertiary/aromatic N) is 1. The fourth-order valence-corrected chi connectivity index (χ4v) is 2.27. The van der Waals surface area contributed by atoms with Crippen LogP contribution < -0.4 is 5.73 Å². The predicted molar refractivity (Wildman–Crippen MR) is 63.9 cm³/mol. The van der Waals surface area contributed by atoms with Crippen LogP contribution in [0.15, 0.2) is 0 Å². The number of nitrogens with two attached hydrogens (primary N) is 1. The van der Waals surface area contributed by atoms with Gasteiger partial charge in [-0.25, -0.2) is 0 Å².